The average molecular weight is 179 g/mol. The van der Waals surface area contributed by atoms with E-state index in [1.54, 1.807) is 24.4 Å². The summed E-state index contributed by atoms with van der Waals surface area (Å²) in [6.45, 7) is 0. The van der Waals surface area contributed by atoms with Gasteiger partial charge in [-0.2, -0.15) is 5.10 Å². The van der Waals surface area contributed by atoms with E-state index >= 15 is 0 Å². The Labute approximate surface area is 75.3 Å². The molecule has 1 aromatic rings. The summed E-state index contributed by atoms with van der Waals surface area (Å²) in [5.41, 5.74) is 0.621. The summed E-state index contributed by atoms with van der Waals surface area (Å²) < 4.78 is 0. The molecule has 0 atom stereocenters. The molecule has 0 radical (unpaired) electrons. The van der Waals surface area contributed by atoms with Crippen molar-refractivity contribution in [3.63, 3.8) is 0 Å². The van der Waals surface area contributed by atoms with Crippen LogP contribution in [0.4, 0.5) is 4.79 Å². The summed E-state index contributed by atoms with van der Waals surface area (Å²) in [5, 5.41) is 12.9. The summed E-state index contributed by atoms with van der Waals surface area (Å²) in [5.74, 6) is 0. The first-order chi connectivity index (χ1) is 6.20. The van der Waals surface area contributed by atoms with E-state index in [1.165, 1.54) is 13.3 Å². The molecule has 1 N–H and O–H groups in total. The van der Waals surface area contributed by atoms with E-state index in [0.717, 1.165) is 5.01 Å². The standard InChI is InChI=1S/C8H9N3O2/c1-11(8(12)13)10-6-7-4-2-3-5-9-7/h2-6H,1H3,(H,12,13). The van der Waals surface area contributed by atoms with E-state index < -0.39 is 6.09 Å². The topological polar surface area (TPSA) is 65.8 Å². The Bertz CT molecular complexity index is 310. The Morgan fingerprint density at radius 1 is 1.69 bits per heavy atom. The molecule has 68 valence electrons. The van der Waals surface area contributed by atoms with E-state index in [-0.39, 0.29) is 0 Å². The Hall–Kier alpha value is -1.91. The minimum absolute atomic E-state index is 0.621. The number of nitrogens with zero attached hydrogens (tertiary/aromatic N) is 3. The Kier molecular flexibility index (Phi) is 2.97. The van der Waals surface area contributed by atoms with Gasteiger partial charge in [-0.3, -0.25) is 4.98 Å². The van der Waals surface area contributed by atoms with E-state index in [1.807, 2.05) is 0 Å². The fraction of sp³-hybridized carbons (Fsp3) is 0.125. The smallest absolute Gasteiger partial charge is 0.427 e. The van der Waals surface area contributed by atoms with Gasteiger partial charge in [-0.05, 0) is 12.1 Å². The number of hydrogen-bond acceptors (Lipinski definition) is 3. The first-order valence-electron chi connectivity index (χ1n) is 3.62. The van der Waals surface area contributed by atoms with Crippen LogP contribution in [0.5, 0.6) is 0 Å². The van der Waals surface area contributed by atoms with Crippen LogP contribution in [0.2, 0.25) is 0 Å². The van der Waals surface area contributed by atoms with Gasteiger partial charge in [0.25, 0.3) is 0 Å². The van der Waals surface area contributed by atoms with Crippen LogP contribution in [0.3, 0.4) is 0 Å². The number of hydrazone groups is 1. The molecular weight excluding hydrogens is 170 g/mol. The van der Waals surface area contributed by atoms with Gasteiger partial charge in [0, 0.05) is 13.2 Å². The molecule has 0 aliphatic carbocycles. The maximum Gasteiger partial charge on any atom is 0.427 e. The summed E-state index contributed by atoms with van der Waals surface area (Å²) >= 11 is 0. The first-order valence-corrected chi connectivity index (χ1v) is 3.62. The molecule has 0 unspecified atom stereocenters. The van der Waals surface area contributed by atoms with Crippen molar-refractivity contribution in [2.45, 2.75) is 0 Å². The highest BCUT2D eigenvalue weighted by Crippen LogP contribution is 1.90. The highest BCUT2D eigenvalue weighted by Gasteiger charge is 1.99. The van der Waals surface area contributed by atoms with Crippen LogP contribution in [0.25, 0.3) is 0 Å². The van der Waals surface area contributed by atoms with Crippen molar-refractivity contribution >= 4 is 12.3 Å². The van der Waals surface area contributed by atoms with Gasteiger partial charge < -0.3 is 5.11 Å². The molecule has 13 heavy (non-hydrogen) atoms. The van der Waals surface area contributed by atoms with Crippen molar-refractivity contribution in [3.05, 3.63) is 30.1 Å². The van der Waals surface area contributed by atoms with Crippen molar-refractivity contribution in [2.24, 2.45) is 5.10 Å². The lowest BCUT2D eigenvalue weighted by Crippen LogP contribution is -2.18. The molecule has 0 fully saturated rings. The van der Waals surface area contributed by atoms with Gasteiger partial charge in [0.05, 0.1) is 11.9 Å². The summed E-state index contributed by atoms with van der Waals surface area (Å²) in [6, 6.07) is 5.31. The van der Waals surface area contributed by atoms with Crippen molar-refractivity contribution < 1.29 is 9.90 Å². The molecule has 1 heterocycles. The third kappa shape index (κ3) is 2.90. The second-order valence-electron chi connectivity index (χ2n) is 2.31. The number of aromatic nitrogens is 1. The van der Waals surface area contributed by atoms with Gasteiger partial charge in [-0.1, -0.05) is 6.07 Å². The zero-order chi connectivity index (χ0) is 9.68. The molecule has 0 saturated carbocycles. The maximum atomic E-state index is 10.3. The predicted octanol–water partition coefficient (Wildman–Crippen LogP) is 1.03. The third-order valence-electron chi connectivity index (χ3n) is 1.33. The molecule has 0 aliphatic rings. The largest absolute Gasteiger partial charge is 0.464 e. The molecule has 0 aliphatic heterocycles. The maximum absolute atomic E-state index is 10.3. The number of carboxylic acid groups (broad SMARTS) is 1. The lowest BCUT2D eigenvalue weighted by atomic mass is 10.4. The summed E-state index contributed by atoms with van der Waals surface area (Å²) in [7, 11) is 1.35. The molecule has 5 heteroatoms. The van der Waals surface area contributed by atoms with Gasteiger partial charge in [0.1, 0.15) is 0 Å². The molecule has 0 bridgehead atoms. The summed E-state index contributed by atoms with van der Waals surface area (Å²) in [6.07, 6.45) is 1.89. The number of carbonyl (C=O) groups is 1. The highest BCUT2D eigenvalue weighted by molar-refractivity contribution is 5.78. The second-order valence-corrected chi connectivity index (χ2v) is 2.31. The molecule has 0 aromatic carbocycles. The van der Waals surface area contributed by atoms with E-state index in [2.05, 4.69) is 10.1 Å². The minimum atomic E-state index is -1.10. The predicted molar refractivity (Wildman–Crippen MR) is 47.6 cm³/mol. The zero-order valence-electron chi connectivity index (χ0n) is 7.08. The third-order valence-corrected chi connectivity index (χ3v) is 1.33. The molecule has 5 nitrogen and oxygen atoms in total. The Morgan fingerprint density at radius 2 is 2.46 bits per heavy atom. The number of hydrogen-bond donors (Lipinski definition) is 1. The number of amides is 1. The van der Waals surface area contributed by atoms with Gasteiger partial charge in [-0.15, -0.1) is 0 Å². The molecular formula is C8H9N3O2. The Morgan fingerprint density at radius 3 is 3.00 bits per heavy atom. The zero-order valence-corrected chi connectivity index (χ0v) is 7.08. The number of rotatable bonds is 2. The van der Waals surface area contributed by atoms with Crippen LogP contribution >= 0.6 is 0 Å². The normalized spacial score (nSPS) is 10.2. The van der Waals surface area contributed by atoms with E-state index in [0.29, 0.717) is 5.69 Å². The molecule has 1 aromatic heterocycles. The molecule has 1 rings (SSSR count). The van der Waals surface area contributed by atoms with Crippen molar-refractivity contribution in [1.82, 2.24) is 9.99 Å². The van der Waals surface area contributed by atoms with Gasteiger partial charge in [0.15, 0.2) is 0 Å². The van der Waals surface area contributed by atoms with Gasteiger partial charge >= 0.3 is 6.09 Å². The van der Waals surface area contributed by atoms with E-state index in [9.17, 15) is 4.79 Å². The van der Waals surface area contributed by atoms with Gasteiger partial charge in [0.2, 0.25) is 0 Å². The highest BCUT2D eigenvalue weighted by atomic mass is 16.4. The Balaban J connectivity index is 2.64. The quantitative estimate of drug-likeness (QED) is 0.544. The van der Waals surface area contributed by atoms with Crippen molar-refractivity contribution in [1.29, 1.82) is 0 Å². The van der Waals surface area contributed by atoms with Crippen LogP contribution < -0.4 is 0 Å². The molecule has 1 amide bonds. The lowest BCUT2D eigenvalue weighted by Gasteiger charge is -2.03. The summed E-state index contributed by atoms with van der Waals surface area (Å²) in [4.78, 5) is 14.3. The number of pyridine rings is 1. The van der Waals surface area contributed by atoms with Crippen LogP contribution in [-0.2, 0) is 0 Å². The van der Waals surface area contributed by atoms with Crippen LogP contribution in [-0.4, -0.2) is 34.5 Å². The lowest BCUT2D eigenvalue weighted by molar-refractivity contribution is 0.158. The van der Waals surface area contributed by atoms with Crippen molar-refractivity contribution in [3.8, 4) is 0 Å². The van der Waals surface area contributed by atoms with Crippen molar-refractivity contribution in [2.75, 3.05) is 7.05 Å². The first kappa shape index (κ1) is 9.18. The average Bonchev–Trinajstić information content (AvgIpc) is 2.15. The van der Waals surface area contributed by atoms with Crippen LogP contribution in [0, 0.1) is 0 Å². The van der Waals surface area contributed by atoms with Crippen LogP contribution in [0.1, 0.15) is 5.69 Å². The fourth-order valence-electron chi connectivity index (χ4n) is 0.647. The second kappa shape index (κ2) is 4.20. The minimum Gasteiger partial charge on any atom is -0.464 e. The monoisotopic (exact) mass is 179 g/mol. The molecule has 0 saturated heterocycles. The SMILES string of the molecule is CN(N=Cc1ccccn1)C(=O)O. The molecule has 0 spiro atoms. The van der Waals surface area contributed by atoms with E-state index in [4.69, 9.17) is 5.11 Å². The fourth-order valence-corrected chi connectivity index (χ4v) is 0.647. The van der Waals surface area contributed by atoms with Crippen LogP contribution in [0.15, 0.2) is 29.5 Å². The van der Waals surface area contributed by atoms with Gasteiger partial charge in [-0.25, -0.2) is 9.80 Å².